The Bertz CT molecular complexity index is 767. The number of ether oxygens (including phenoxy) is 4. The van der Waals surface area contributed by atoms with Crippen molar-refractivity contribution in [1.29, 1.82) is 0 Å². The lowest BCUT2D eigenvalue weighted by atomic mass is 10.1. The van der Waals surface area contributed by atoms with Gasteiger partial charge in [0.05, 0.1) is 6.61 Å². The van der Waals surface area contributed by atoms with Crippen LogP contribution in [0, 0.1) is 6.92 Å². The number of aliphatic hydroxyl groups excluding tert-OH is 2. The molecule has 1 aliphatic heterocycles. The van der Waals surface area contributed by atoms with Crippen molar-refractivity contribution in [3.05, 3.63) is 59.1 Å². The van der Waals surface area contributed by atoms with E-state index in [2.05, 4.69) is 0 Å². The molecule has 0 radical (unpaired) electrons. The first-order valence-corrected chi connectivity index (χ1v) is 9.06. The van der Waals surface area contributed by atoms with Crippen molar-refractivity contribution in [2.24, 2.45) is 0 Å². The van der Waals surface area contributed by atoms with Gasteiger partial charge in [-0.2, -0.15) is 0 Å². The molecule has 27 heavy (non-hydrogen) atoms. The largest absolute Gasteiger partial charge is 0.461 e. The number of hydrogen-bond acceptors (Lipinski definition) is 7. The second-order valence-electron chi connectivity index (χ2n) is 6.08. The Morgan fingerprint density at radius 1 is 1.07 bits per heavy atom. The molecule has 0 bridgehead atoms. The monoisotopic (exact) mass is 410 g/mol. The van der Waals surface area contributed by atoms with E-state index in [0.717, 1.165) is 5.56 Å². The van der Waals surface area contributed by atoms with Gasteiger partial charge in [0.2, 0.25) is 6.29 Å². The maximum absolute atomic E-state index is 10.3. The van der Waals surface area contributed by atoms with Gasteiger partial charge in [0, 0.05) is 17.2 Å². The van der Waals surface area contributed by atoms with Gasteiger partial charge in [-0.25, -0.2) is 0 Å². The number of halogens is 1. The zero-order valence-corrected chi connectivity index (χ0v) is 16.0. The molecule has 144 valence electrons. The standard InChI is InChI=1S/C19H19ClO6S/c1-11-2-6-14(7-3-11)25-19(27)26-17-16(22)15(21)10-23-18(17)24-13-8-4-12(20)5-9-13/h2-9,15-18,21-22H,10H2,1H3/t15-,16+,17-,18-/m1/s1. The third kappa shape index (κ3) is 5.31. The lowest BCUT2D eigenvalue weighted by molar-refractivity contribution is -0.239. The number of aryl methyl sites for hydroxylation is 1. The van der Waals surface area contributed by atoms with Gasteiger partial charge in [0.1, 0.15) is 23.7 Å². The van der Waals surface area contributed by atoms with Crippen LogP contribution in [0.5, 0.6) is 11.5 Å². The maximum atomic E-state index is 10.3. The zero-order chi connectivity index (χ0) is 19.4. The van der Waals surface area contributed by atoms with Crippen LogP contribution in [0.2, 0.25) is 5.02 Å². The summed E-state index contributed by atoms with van der Waals surface area (Å²) in [5, 5.41) is 20.5. The summed E-state index contributed by atoms with van der Waals surface area (Å²) in [7, 11) is 0. The van der Waals surface area contributed by atoms with Crippen LogP contribution in [0.4, 0.5) is 0 Å². The third-order valence-electron chi connectivity index (χ3n) is 3.95. The average molecular weight is 411 g/mol. The van der Waals surface area contributed by atoms with Gasteiger partial charge in [0.25, 0.3) is 0 Å². The highest BCUT2D eigenvalue weighted by atomic mass is 35.5. The molecule has 0 aliphatic carbocycles. The third-order valence-corrected chi connectivity index (χ3v) is 4.38. The molecule has 0 spiro atoms. The number of rotatable bonds is 4. The Balaban J connectivity index is 1.68. The van der Waals surface area contributed by atoms with Gasteiger partial charge < -0.3 is 29.2 Å². The van der Waals surface area contributed by atoms with Crippen molar-refractivity contribution < 1.29 is 29.2 Å². The van der Waals surface area contributed by atoms with E-state index in [0.29, 0.717) is 16.5 Å². The maximum Gasteiger partial charge on any atom is 0.358 e. The normalized spacial score (nSPS) is 24.9. The van der Waals surface area contributed by atoms with E-state index in [1.54, 1.807) is 36.4 Å². The molecule has 6 nitrogen and oxygen atoms in total. The van der Waals surface area contributed by atoms with E-state index < -0.39 is 24.6 Å². The predicted octanol–water partition coefficient (Wildman–Crippen LogP) is 2.85. The van der Waals surface area contributed by atoms with E-state index in [1.807, 2.05) is 19.1 Å². The van der Waals surface area contributed by atoms with Crippen LogP contribution in [0.25, 0.3) is 0 Å². The lowest BCUT2D eigenvalue weighted by Gasteiger charge is -2.37. The summed E-state index contributed by atoms with van der Waals surface area (Å²) in [6.07, 6.45) is -4.48. The number of thiocarbonyl (C=S) groups is 1. The molecule has 1 saturated heterocycles. The molecule has 1 fully saturated rings. The van der Waals surface area contributed by atoms with Crippen molar-refractivity contribution in [1.82, 2.24) is 0 Å². The molecule has 0 aromatic heterocycles. The van der Waals surface area contributed by atoms with Gasteiger partial charge >= 0.3 is 5.24 Å². The summed E-state index contributed by atoms with van der Waals surface area (Å²) in [5.41, 5.74) is 1.07. The summed E-state index contributed by atoms with van der Waals surface area (Å²) in [6, 6.07) is 13.9. The Labute approximate surface area is 167 Å². The minimum atomic E-state index is -1.27. The minimum Gasteiger partial charge on any atom is -0.461 e. The van der Waals surface area contributed by atoms with Crippen LogP contribution >= 0.6 is 23.8 Å². The number of hydrogen-bond donors (Lipinski definition) is 2. The predicted molar refractivity (Wildman–Crippen MR) is 103 cm³/mol. The fourth-order valence-electron chi connectivity index (χ4n) is 2.48. The molecule has 0 amide bonds. The fourth-order valence-corrected chi connectivity index (χ4v) is 2.81. The molecule has 1 aliphatic rings. The molecule has 4 atom stereocenters. The van der Waals surface area contributed by atoms with Gasteiger partial charge in [-0.3, -0.25) is 0 Å². The van der Waals surface area contributed by atoms with Crippen molar-refractivity contribution >= 4 is 29.1 Å². The van der Waals surface area contributed by atoms with Gasteiger partial charge in [-0.15, -0.1) is 0 Å². The summed E-state index contributed by atoms with van der Waals surface area (Å²) in [6.45, 7) is 1.85. The van der Waals surface area contributed by atoms with Crippen LogP contribution in [-0.4, -0.2) is 46.7 Å². The lowest BCUT2D eigenvalue weighted by Crippen LogP contribution is -2.56. The van der Waals surface area contributed by atoms with Crippen LogP contribution in [0.15, 0.2) is 48.5 Å². The molecule has 8 heteroatoms. The van der Waals surface area contributed by atoms with Crippen LogP contribution < -0.4 is 9.47 Å². The Morgan fingerprint density at radius 3 is 2.37 bits per heavy atom. The van der Waals surface area contributed by atoms with E-state index in [-0.39, 0.29) is 11.8 Å². The average Bonchev–Trinajstić information content (AvgIpc) is 2.65. The molecule has 1 heterocycles. The summed E-state index contributed by atoms with van der Waals surface area (Å²) < 4.78 is 22.2. The molecule has 0 unspecified atom stereocenters. The van der Waals surface area contributed by atoms with E-state index in [9.17, 15) is 10.2 Å². The first kappa shape index (κ1) is 19.9. The van der Waals surface area contributed by atoms with Gasteiger partial charge in [0.15, 0.2) is 6.10 Å². The topological polar surface area (TPSA) is 77.4 Å². The first-order chi connectivity index (χ1) is 12.9. The van der Waals surface area contributed by atoms with Crippen LogP contribution in [0.3, 0.4) is 0 Å². The van der Waals surface area contributed by atoms with Crippen molar-refractivity contribution in [2.45, 2.75) is 31.5 Å². The second kappa shape index (κ2) is 8.86. The Hall–Kier alpha value is -1.90. The van der Waals surface area contributed by atoms with Gasteiger partial charge in [-0.05, 0) is 43.3 Å². The molecule has 2 aromatic carbocycles. The van der Waals surface area contributed by atoms with Crippen molar-refractivity contribution in [3.63, 3.8) is 0 Å². The highest BCUT2D eigenvalue weighted by Gasteiger charge is 2.43. The van der Waals surface area contributed by atoms with Crippen molar-refractivity contribution in [3.8, 4) is 11.5 Å². The van der Waals surface area contributed by atoms with Crippen molar-refractivity contribution in [2.75, 3.05) is 6.61 Å². The Kier molecular flexibility index (Phi) is 6.51. The number of benzene rings is 2. The smallest absolute Gasteiger partial charge is 0.358 e. The summed E-state index contributed by atoms with van der Waals surface area (Å²) in [5.74, 6) is 0.958. The molecular weight excluding hydrogens is 392 g/mol. The fraction of sp³-hybridized carbons (Fsp3) is 0.316. The zero-order valence-electron chi connectivity index (χ0n) is 14.4. The highest BCUT2D eigenvalue weighted by Crippen LogP contribution is 2.25. The van der Waals surface area contributed by atoms with Gasteiger partial charge in [-0.1, -0.05) is 29.3 Å². The minimum absolute atomic E-state index is 0.106. The number of aliphatic hydroxyl groups is 2. The molecular formula is C19H19ClO6S. The highest BCUT2D eigenvalue weighted by molar-refractivity contribution is 7.79. The quantitative estimate of drug-likeness (QED) is 0.750. The molecule has 2 aromatic rings. The Morgan fingerprint density at radius 2 is 1.70 bits per heavy atom. The van der Waals surface area contributed by atoms with Crippen LogP contribution in [0.1, 0.15) is 5.56 Å². The summed E-state index contributed by atoms with van der Waals surface area (Å²) in [4.78, 5) is 0. The molecule has 3 rings (SSSR count). The summed E-state index contributed by atoms with van der Waals surface area (Å²) >= 11 is 11.0. The molecule has 0 saturated carbocycles. The second-order valence-corrected chi connectivity index (χ2v) is 6.85. The SMILES string of the molecule is Cc1ccc(OC(=S)O[C@H]2[C@@H](Oc3ccc(Cl)cc3)OC[C@@H](O)[C@@H]2O)cc1. The van der Waals surface area contributed by atoms with E-state index in [4.69, 9.17) is 42.8 Å². The molecule has 2 N–H and O–H groups in total. The van der Waals surface area contributed by atoms with Crippen LogP contribution in [-0.2, 0) is 9.47 Å². The van der Waals surface area contributed by atoms with E-state index in [1.165, 1.54) is 0 Å². The first-order valence-electron chi connectivity index (χ1n) is 8.27. The van der Waals surface area contributed by atoms with E-state index >= 15 is 0 Å².